The Morgan fingerprint density at radius 2 is 2.09 bits per heavy atom. The van der Waals surface area contributed by atoms with Crippen LogP contribution in [0.3, 0.4) is 0 Å². The van der Waals surface area contributed by atoms with Crippen molar-refractivity contribution in [2.24, 2.45) is 17.8 Å². The van der Waals surface area contributed by atoms with Gasteiger partial charge in [-0.3, -0.25) is 4.79 Å². The van der Waals surface area contributed by atoms with E-state index in [9.17, 15) is 9.90 Å². The summed E-state index contributed by atoms with van der Waals surface area (Å²) in [6, 6.07) is 0. The van der Waals surface area contributed by atoms with Gasteiger partial charge >= 0.3 is 0 Å². The predicted octanol–water partition coefficient (Wildman–Crippen LogP) is 2.55. The highest BCUT2D eigenvalue weighted by molar-refractivity contribution is 5.91. The summed E-state index contributed by atoms with van der Waals surface area (Å²) >= 11 is 0. The van der Waals surface area contributed by atoms with Crippen molar-refractivity contribution in [3.05, 3.63) is 11.8 Å². The van der Waals surface area contributed by atoms with Crippen molar-refractivity contribution in [3.63, 3.8) is 0 Å². The molecule has 5 heteroatoms. The summed E-state index contributed by atoms with van der Waals surface area (Å²) in [5.41, 5.74) is 0. The second-order valence-corrected chi connectivity index (χ2v) is 6.82. The molecule has 0 saturated heterocycles. The molecule has 3 atom stereocenters. The van der Waals surface area contributed by atoms with Gasteiger partial charge in [0.1, 0.15) is 0 Å². The predicted molar refractivity (Wildman–Crippen MR) is 88.5 cm³/mol. The Morgan fingerprint density at radius 3 is 2.65 bits per heavy atom. The molecular weight excluding hydrogens is 294 g/mol. The molecule has 0 aromatic heterocycles. The fraction of sp³-hybridized carbons (Fsp3) is 0.833. The van der Waals surface area contributed by atoms with E-state index in [-0.39, 0.29) is 24.7 Å². The number of hydrogen-bond acceptors (Lipinski definition) is 4. The van der Waals surface area contributed by atoms with Gasteiger partial charge < -0.3 is 19.5 Å². The molecule has 132 valence electrons. The number of carbonyl (C=O) groups excluding carboxylic acids is 1. The number of likely N-dealkylation sites (N-methyl/N-ethyl adjacent to an activating group) is 1. The van der Waals surface area contributed by atoms with E-state index in [0.29, 0.717) is 24.2 Å². The van der Waals surface area contributed by atoms with Gasteiger partial charge in [-0.1, -0.05) is 12.8 Å². The largest absolute Gasteiger partial charge is 0.459 e. The zero-order chi connectivity index (χ0) is 16.8. The number of aliphatic hydroxyl groups excluding tert-OH is 1. The van der Waals surface area contributed by atoms with Crippen molar-refractivity contribution < 1.29 is 19.4 Å². The number of hydrogen-bond donors (Lipinski definition) is 1. The molecule has 0 unspecified atom stereocenters. The van der Waals surface area contributed by atoms with E-state index in [1.807, 2.05) is 13.0 Å². The number of aliphatic hydroxyl groups is 1. The van der Waals surface area contributed by atoms with E-state index in [4.69, 9.17) is 9.47 Å². The van der Waals surface area contributed by atoms with Crippen LogP contribution < -0.4 is 0 Å². The summed E-state index contributed by atoms with van der Waals surface area (Å²) in [4.78, 5) is 13.9. The van der Waals surface area contributed by atoms with Gasteiger partial charge in [-0.15, -0.1) is 0 Å². The van der Waals surface area contributed by atoms with Crippen LogP contribution in [0.25, 0.3) is 0 Å². The SMILES string of the molecule is CCO[C@@H]1OC(C(=O)N(C)C)=C[C@H](C2CCCC2)[C@H]1CCCO. The lowest BCUT2D eigenvalue weighted by Gasteiger charge is -2.39. The van der Waals surface area contributed by atoms with Crippen LogP contribution in [0.5, 0.6) is 0 Å². The number of ether oxygens (including phenoxy) is 2. The minimum absolute atomic E-state index is 0.0988. The highest BCUT2D eigenvalue weighted by Gasteiger charge is 2.41. The second kappa shape index (κ2) is 8.69. The van der Waals surface area contributed by atoms with E-state index in [0.717, 1.165) is 12.8 Å². The molecular formula is C18H31NO4. The van der Waals surface area contributed by atoms with Crippen LogP contribution in [0.1, 0.15) is 45.4 Å². The molecule has 0 bridgehead atoms. The monoisotopic (exact) mass is 325 g/mol. The Kier molecular flexibility index (Phi) is 6.90. The molecule has 1 saturated carbocycles. The summed E-state index contributed by atoms with van der Waals surface area (Å²) in [7, 11) is 3.48. The molecule has 5 nitrogen and oxygen atoms in total. The highest BCUT2D eigenvalue weighted by atomic mass is 16.7. The smallest absolute Gasteiger partial charge is 0.288 e. The molecule has 0 aromatic rings. The summed E-state index contributed by atoms with van der Waals surface area (Å²) < 4.78 is 11.7. The van der Waals surface area contributed by atoms with E-state index in [2.05, 4.69) is 0 Å². The van der Waals surface area contributed by atoms with Crippen LogP contribution >= 0.6 is 0 Å². The summed E-state index contributed by atoms with van der Waals surface area (Å²) in [5, 5.41) is 9.22. The second-order valence-electron chi connectivity index (χ2n) is 6.82. The number of allylic oxidation sites excluding steroid dienone is 1. The summed E-state index contributed by atoms with van der Waals surface area (Å²) in [5.74, 6) is 1.43. The Balaban J connectivity index is 2.26. The average Bonchev–Trinajstić information content (AvgIpc) is 3.06. The van der Waals surface area contributed by atoms with Gasteiger partial charge in [0, 0.05) is 33.2 Å². The number of amides is 1. The average molecular weight is 325 g/mol. The van der Waals surface area contributed by atoms with E-state index in [1.165, 1.54) is 25.7 Å². The third kappa shape index (κ3) is 4.48. The van der Waals surface area contributed by atoms with Crippen LogP contribution in [-0.4, -0.2) is 49.5 Å². The van der Waals surface area contributed by atoms with E-state index >= 15 is 0 Å². The molecule has 1 aliphatic carbocycles. The first-order valence-corrected chi connectivity index (χ1v) is 8.91. The fourth-order valence-electron chi connectivity index (χ4n) is 3.88. The Bertz CT molecular complexity index is 415. The lowest BCUT2D eigenvalue weighted by molar-refractivity contribution is -0.178. The van der Waals surface area contributed by atoms with Gasteiger partial charge in [-0.05, 0) is 50.5 Å². The van der Waals surface area contributed by atoms with Gasteiger partial charge in [-0.2, -0.15) is 0 Å². The van der Waals surface area contributed by atoms with Crippen LogP contribution in [0.15, 0.2) is 11.8 Å². The zero-order valence-electron chi connectivity index (χ0n) is 14.7. The third-order valence-electron chi connectivity index (χ3n) is 5.02. The van der Waals surface area contributed by atoms with Crippen molar-refractivity contribution in [2.75, 3.05) is 27.3 Å². The van der Waals surface area contributed by atoms with Crippen LogP contribution in [0.2, 0.25) is 0 Å². The van der Waals surface area contributed by atoms with Gasteiger partial charge in [0.15, 0.2) is 5.76 Å². The Hall–Kier alpha value is -1.07. The van der Waals surface area contributed by atoms with Crippen molar-refractivity contribution >= 4 is 5.91 Å². The minimum Gasteiger partial charge on any atom is -0.459 e. The first-order chi connectivity index (χ1) is 11.1. The molecule has 0 spiro atoms. The number of carbonyl (C=O) groups is 1. The molecule has 0 radical (unpaired) electrons. The van der Waals surface area contributed by atoms with Crippen LogP contribution in [-0.2, 0) is 14.3 Å². The molecule has 1 aliphatic heterocycles. The van der Waals surface area contributed by atoms with Crippen LogP contribution in [0.4, 0.5) is 0 Å². The quantitative estimate of drug-likeness (QED) is 0.781. The van der Waals surface area contributed by atoms with E-state index in [1.54, 1.807) is 19.0 Å². The van der Waals surface area contributed by atoms with Gasteiger partial charge in [0.2, 0.25) is 6.29 Å². The maximum Gasteiger partial charge on any atom is 0.288 e. The van der Waals surface area contributed by atoms with Crippen LogP contribution in [0, 0.1) is 17.8 Å². The lowest BCUT2D eigenvalue weighted by Crippen LogP contribution is -2.41. The Morgan fingerprint density at radius 1 is 1.39 bits per heavy atom. The van der Waals surface area contributed by atoms with Gasteiger partial charge in [0.25, 0.3) is 5.91 Å². The van der Waals surface area contributed by atoms with E-state index < -0.39 is 0 Å². The van der Waals surface area contributed by atoms with Crippen molar-refractivity contribution in [3.8, 4) is 0 Å². The molecule has 0 aromatic carbocycles. The summed E-state index contributed by atoms with van der Waals surface area (Å²) in [6.07, 6.45) is 8.20. The zero-order valence-corrected chi connectivity index (χ0v) is 14.7. The topological polar surface area (TPSA) is 59.0 Å². The molecule has 1 N–H and O–H groups in total. The van der Waals surface area contributed by atoms with Gasteiger partial charge in [-0.25, -0.2) is 0 Å². The lowest BCUT2D eigenvalue weighted by atomic mass is 9.76. The van der Waals surface area contributed by atoms with Crippen molar-refractivity contribution in [1.29, 1.82) is 0 Å². The Labute approximate surface area is 139 Å². The normalized spacial score (nSPS) is 28.3. The maximum absolute atomic E-state index is 12.4. The minimum atomic E-state index is -0.388. The molecule has 1 heterocycles. The summed E-state index contributed by atoms with van der Waals surface area (Å²) in [6.45, 7) is 2.68. The van der Waals surface area contributed by atoms with Gasteiger partial charge in [0.05, 0.1) is 0 Å². The molecule has 2 aliphatic rings. The third-order valence-corrected chi connectivity index (χ3v) is 5.02. The van der Waals surface area contributed by atoms with Crippen molar-refractivity contribution in [1.82, 2.24) is 4.90 Å². The molecule has 23 heavy (non-hydrogen) atoms. The fourth-order valence-corrected chi connectivity index (χ4v) is 3.88. The standard InChI is InChI=1S/C18H31NO4/c1-4-22-18-14(10-7-11-20)15(13-8-5-6-9-13)12-16(23-18)17(21)19(2)3/h12-15,18,20H,4-11H2,1-3H3/t14-,15-,18-/m1/s1. The highest BCUT2D eigenvalue weighted by Crippen LogP contribution is 2.43. The molecule has 1 fully saturated rings. The maximum atomic E-state index is 12.4. The number of rotatable bonds is 7. The molecule has 1 amide bonds. The number of nitrogens with zero attached hydrogens (tertiary/aromatic N) is 1. The first kappa shape index (κ1) is 18.3. The molecule has 2 rings (SSSR count). The van der Waals surface area contributed by atoms with Crippen molar-refractivity contribution in [2.45, 2.75) is 51.7 Å². The first-order valence-electron chi connectivity index (χ1n) is 8.91.